The molecule has 1 heterocycles. The van der Waals surface area contributed by atoms with Gasteiger partial charge in [0.1, 0.15) is 5.60 Å². The van der Waals surface area contributed by atoms with Crippen molar-refractivity contribution in [3.8, 4) is 0 Å². The lowest BCUT2D eigenvalue weighted by atomic mass is 9.92. The summed E-state index contributed by atoms with van der Waals surface area (Å²) in [6.45, 7) is 5.57. The van der Waals surface area contributed by atoms with Crippen LogP contribution < -0.4 is 0 Å². The molecular formula is C14H17BrClNO2. The molecule has 0 aromatic rings. The molecule has 0 aromatic carbocycles. The maximum atomic E-state index is 12.2. The molecule has 2 unspecified atom stereocenters. The highest BCUT2D eigenvalue weighted by atomic mass is 79.9. The van der Waals surface area contributed by atoms with E-state index < -0.39 is 5.60 Å². The fourth-order valence-corrected chi connectivity index (χ4v) is 2.91. The van der Waals surface area contributed by atoms with E-state index in [1.807, 2.05) is 45.2 Å². The van der Waals surface area contributed by atoms with Crippen molar-refractivity contribution in [3.63, 3.8) is 0 Å². The van der Waals surface area contributed by atoms with Crippen molar-refractivity contribution in [2.45, 2.75) is 32.4 Å². The zero-order chi connectivity index (χ0) is 14.2. The van der Waals surface area contributed by atoms with E-state index in [1.54, 1.807) is 4.90 Å². The summed E-state index contributed by atoms with van der Waals surface area (Å²) < 4.78 is 5.43. The number of nitrogens with zero attached hydrogens (tertiary/aromatic N) is 1. The first-order valence-electron chi connectivity index (χ1n) is 6.15. The van der Waals surface area contributed by atoms with Crippen molar-refractivity contribution in [1.29, 1.82) is 0 Å². The van der Waals surface area contributed by atoms with Crippen molar-refractivity contribution < 1.29 is 9.53 Å². The summed E-state index contributed by atoms with van der Waals surface area (Å²) in [6.07, 6.45) is 7.31. The van der Waals surface area contributed by atoms with Gasteiger partial charge in [0.2, 0.25) is 0 Å². The molecule has 0 saturated carbocycles. The van der Waals surface area contributed by atoms with E-state index in [4.69, 9.17) is 16.3 Å². The normalized spacial score (nSPS) is 25.8. The average molecular weight is 347 g/mol. The quantitative estimate of drug-likeness (QED) is 0.666. The number of halogens is 2. The van der Waals surface area contributed by atoms with Crippen LogP contribution in [0.2, 0.25) is 0 Å². The number of allylic oxidation sites excluding steroid dienone is 2. The number of hydrogen-bond acceptors (Lipinski definition) is 2. The molecule has 1 aliphatic carbocycles. The van der Waals surface area contributed by atoms with Crippen LogP contribution >= 0.6 is 27.5 Å². The number of ether oxygens (including phenoxy) is 1. The first-order chi connectivity index (χ1) is 8.81. The second kappa shape index (κ2) is 5.33. The molecule has 19 heavy (non-hydrogen) atoms. The molecule has 0 N–H and O–H groups in total. The van der Waals surface area contributed by atoms with Gasteiger partial charge in [-0.2, -0.15) is 0 Å². The largest absolute Gasteiger partial charge is 0.443 e. The molecule has 5 heteroatoms. The molecule has 2 rings (SSSR count). The third kappa shape index (κ3) is 3.23. The monoisotopic (exact) mass is 345 g/mol. The van der Waals surface area contributed by atoms with Crippen molar-refractivity contribution in [1.82, 2.24) is 4.90 Å². The summed E-state index contributed by atoms with van der Waals surface area (Å²) in [5, 5.41) is 1.38. The highest BCUT2D eigenvalue weighted by Crippen LogP contribution is 2.36. The Kier molecular flexibility index (Phi) is 4.11. The molecule has 2 atom stereocenters. The predicted octanol–water partition coefficient (Wildman–Crippen LogP) is 4.19. The van der Waals surface area contributed by atoms with Gasteiger partial charge in [-0.15, -0.1) is 0 Å². The van der Waals surface area contributed by atoms with Gasteiger partial charge in [0, 0.05) is 22.5 Å². The highest BCUT2D eigenvalue weighted by molar-refractivity contribution is 9.09. The lowest BCUT2D eigenvalue weighted by Gasteiger charge is -2.29. The Hall–Kier alpha value is -0.740. The average Bonchev–Trinajstić information content (AvgIpc) is 2.64. The topological polar surface area (TPSA) is 29.5 Å². The van der Waals surface area contributed by atoms with Crippen LogP contribution in [0.25, 0.3) is 0 Å². The zero-order valence-corrected chi connectivity index (χ0v) is 13.5. The maximum Gasteiger partial charge on any atom is 0.414 e. The zero-order valence-electron chi connectivity index (χ0n) is 11.2. The fourth-order valence-electron chi connectivity index (χ4n) is 2.19. The first kappa shape index (κ1) is 14.7. The fraction of sp³-hybridized carbons (Fsp3) is 0.500. The second-order valence-electron chi connectivity index (χ2n) is 5.65. The van der Waals surface area contributed by atoms with Crippen LogP contribution in [0.5, 0.6) is 0 Å². The van der Waals surface area contributed by atoms with Crippen LogP contribution in [0.1, 0.15) is 20.8 Å². The van der Waals surface area contributed by atoms with Crippen LogP contribution in [0, 0.1) is 5.92 Å². The molecule has 0 radical (unpaired) electrons. The summed E-state index contributed by atoms with van der Waals surface area (Å²) in [5.74, 6) is 0.175. The SMILES string of the molecule is CC(C)(C)OC(=O)N1C=C(CBr)C2C=CC(Cl)=CC21. The van der Waals surface area contributed by atoms with E-state index in [2.05, 4.69) is 15.9 Å². The van der Waals surface area contributed by atoms with Gasteiger partial charge in [0.05, 0.1) is 6.04 Å². The summed E-state index contributed by atoms with van der Waals surface area (Å²) in [4.78, 5) is 13.9. The molecule has 1 amide bonds. The maximum absolute atomic E-state index is 12.2. The summed E-state index contributed by atoms with van der Waals surface area (Å²) in [5.41, 5.74) is 0.641. The van der Waals surface area contributed by atoms with E-state index in [1.165, 1.54) is 0 Å². The number of rotatable bonds is 1. The molecule has 0 bridgehead atoms. The Morgan fingerprint density at radius 2 is 2.21 bits per heavy atom. The highest BCUT2D eigenvalue weighted by Gasteiger charge is 2.38. The van der Waals surface area contributed by atoms with Crippen molar-refractivity contribution in [2.75, 3.05) is 5.33 Å². The van der Waals surface area contributed by atoms with E-state index in [0.29, 0.717) is 5.03 Å². The summed E-state index contributed by atoms with van der Waals surface area (Å²) in [6, 6.07) is -0.0834. The number of carbonyl (C=O) groups is 1. The minimum atomic E-state index is -0.504. The minimum absolute atomic E-state index is 0.0834. The van der Waals surface area contributed by atoms with Crippen LogP contribution in [-0.4, -0.2) is 28.0 Å². The number of amides is 1. The van der Waals surface area contributed by atoms with Crippen LogP contribution in [0.15, 0.2) is 35.0 Å². The smallest absolute Gasteiger partial charge is 0.414 e. The van der Waals surface area contributed by atoms with Gasteiger partial charge in [-0.25, -0.2) is 4.79 Å². The van der Waals surface area contributed by atoms with Gasteiger partial charge in [-0.1, -0.05) is 33.6 Å². The Bertz CT molecular complexity index is 476. The lowest BCUT2D eigenvalue weighted by Crippen LogP contribution is -2.39. The van der Waals surface area contributed by atoms with Crippen LogP contribution in [-0.2, 0) is 4.74 Å². The van der Waals surface area contributed by atoms with Gasteiger partial charge in [0.25, 0.3) is 0 Å². The van der Waals surface area contributed by atoms with Crippen LogP contribution in [0.3, 0.4) is 0 Å². The Balaban J connectivity index is 2.23. The third-order valence-electron chi connectivity index (χ3n) is 2.97. The van der Waals surface area contributed by atoms with E-state index >= 15 is 0 Å². The number of hydrogen-bond donors (Lipinski definition) is 0. The van der Waals surface area contributed by atoms with Crippen molar-refractivity contribution >= 4 is 33.6 Å². The van der Waals surface area contributed by atoms with Gasteiger partial charge >= 0.3 is 6.09 Å². The molecule has 0 saturated heterocycles. The molecule has 2 aliphatic rings. The van der Waals surface area contributed by atoms with Gasteiger partial charge < -0.3 is 4.74 Å². The van der Waals surface area contributed by atoms with Gasteiger partial charge in [-0.05, 0) is 38.5 Å². The van der Waals surface area contributed by atoms with E-state index in [0.717, 1.165) is 10.9 Å². The lowest BCUT2D eigenvalue weighted by molar-refractivity contribution is 0.0303. The molecule has 1 aliphatic heterocycles. The second-order valence-corrected chi connectivity index (χ2v) is 6.65. The standard InChI is InChI=1S/C14H17BrClNO2/c1-14(2,3)19-13(18)17-8-9(7-15)11-5-4-10(16)6-12(11)17/h4-6,8,11-12H,7H2,1-3H3. The Morgan fingerprint density at radius 3 is 2.79 bits per heavy atom. The van der Waals surface area contributed by atoms with Crippen LogP contribution in [0.4, 0.5) is 4.79 Å². The first-order valence-corrected chi connectivity index (χ1v) is 7.65. The van der Waals surface area contributed by atoms with E-state index in [9.17, 15) is 4.79 Å². The summed E-state index contributed by atoms with van der Waals surface area (Å²) in [7, 11) is 0. The third-order valence-corrected chi connectivity index (χ3v) is 3.87. The summed E-state index contributed by atoms with van der Waals surface area (Å²) >= 11 is 9.49. The van der Waals surface area contributed by atoms with Gasteiger partial charge in [0.15, 0.2) is 0 Å². The molecule has 0 fully saturated rings. The van der Waals surface area contributed by atoms with Crippen molar-refractivity contribution in [2.24, 2.45) is 5.92 Å². The molecular weight excluding hydrogens is 330 g/mol. The predicted molar refractivity (Wildman–Crippen MR) is 80.3 cm³/mol. The number of fused-ring (bicyclic) bond motifs is 1. The molecule has 104 valence electrons. The van der Waals surface area contributed by atoms with E-state index in [-0.39, 0.29) is 18.1 Å². The van der Waals surface area contributed by atoms with Crippen molar-refractivity contribution in [3.05, 3.63) is 35.0 Å². The Labute approximate surface area is 127 Å². The minimum Gasteiger partial charge on any atom is -0.443 e. The molecule has 0 aromatic heterocycles. The molecule has 0 spiro atoms. The number of alkyl halides is 1. The van der Waals surface area contributed by atoms with Gasteiger partial charge in [-0.3, -0.25) is 4.90 Å². The molecule has 3 nitrogen and oxygen atoms in total. The Morgan fingerprint density at radius 1 is 1.53 bits per heavy atom. The number of carbonyl (C=O) groups excluding carboxylic acids is 1.